The molecule has 16 heavy (non-hydrogen) atoms. The minimum atomic E-state index is 0.162. The largest absolute Gasteiger partial charge is 0.504 e. The lowest BCUT2D eigenvalue weighted by atomic mass is 10.1. The molecule has 0 saturated carbocycles. The summed E-state index contributed by atoms with van der Waals surface area (Å²) in [6.45, 7) is 7.83. The van der Waals surface area contributed by atoms with Crippen LogP contribution in [0.1, 0.15) is 25.5 Å². The summed E-state index contributed by atoms with van der Waals surface area (Å²) >= 11 is 0. The summed E-state index contributed by atoms with van der Waals surface area (Å²) in [6, 6.07) is 5.79. The van der Waals surface area contributed by atoms with Gasteiger partial charge in [-0.1, -0.05) is 12.1 Å². The number of methoxy groups -OCH3 is 1. The first kappa shape index (κ1) is 12.6. The molecule has 0 aliphatic heterocycles. The van der Waals surface area contributed by atoms with Crippen molar-refractivity contribution in [2.24, 2.45) is 0 Å². The van der Waals surface area contributed by atoms with Gasteiger partial charge in [0.1, 0.15) is 0 Å². The van der Waals surface area contributed by atoms with Crippen LogP contribution in [0.5, 0.6) is 11.5 Å². The van der Waals surface area contributed by atoms with E-state index < -0.39 is 0 Å². The van der Waals surface area contributed by atoms with Crippen molar-refractivity contribution in [2.75, 3.05) is 7.11 Å². The van der Waals surface area contributed by atoms with Crippen LogP contribution in [0, 0.1) is 0 Å². The average Bonchev–Trinajstić information content (AvgIpc) is 2.29. The molecule has 1 rings (SSSR count). The smallest absolute Gasteiger partial charge is 0.160 e. The van der Waals surface area contributed by atoms with E-state index in [1.54, 1.807) is 13.2 Å². The Morgan fingerprint density at radius 3 is 2.69 bits per heavy atom. The summed E-state index contributed by atoms with van der Waals surface area (Å²) in [7, 11) is 1.54. The Morgan fingerprint density at radius 1 is 1.44 bits per heavy atom. The molecule has 0 aliphatic rings. The lowest BCUT2D eigenvalue weighted by Gasteiger charge is -2.18. The van der Waals surface area contributed by atoms with Gasteiger partial charge < -0.3 is 15.2 Å². The van der Waals surface area contributed by atoms with Crippen LogP contribution in [0.4, 0.5) is 0 Å². The zero-order chi connectivity index (χ0) is 12.1. The summed E-state index contributed by atoms with van der Waals surface area (Å²) in [5.74, 6) is 0.660. The van der Waals surface area contributed by atoms with Crippen LogP contribution in [0.2, 0.25) is 0 Å². The number of ether oxygens (including phenoxy) is 1. The molecule has 0 fully saturated rings. The summed E-state index contributed by atoms with van der Waals surface area (Å²) in [4.78, 5) is 0. The average molecular weight is 221 g/mol. The molecule has 3 heteroatoms. The topological polar surface area (TPSA) is 41.5 Å². The van der Waals surface area contributed by atoms with E-state index in [1.165, 1.54) is 0 Å². The van der Waals surface area contributed by atoms with E-state index >= 15 is 0 Å². The van der Waals surface area contributed by atoms with Gasteiger partial charge >= 0.3 is 0 Å². The van der Waals surface area contributed by atoms with Gasteiger partial charge in [-0.25, -0.2) is 0 Å². The van der Waals surface area contributed by atoms with Crippen LogP contribution in [0.15, 0.2) is 30.9 Å². The van der Waals surface area contributed by atoms with Crippen molar-refractivity contribution in [3.8, 4) is 11.5 Å². The van der Waals surface area contributed by atoms with Gasteiger partial charge in [0.2, 0.25) is 0 Å². The van der Waals surface area contributed by atoms with E-state index in [2.05, 4.69) is 18.8 Å². The highest BCUT2D eigenvalue weighted by Gasteiger charge is 2.10. The third kappa shape index (κ3) is 3.00. The van der Waals surface area contributed by atoms with Crippen LogP contribution >= 0.6 is 0 Å². The molecule has 2 atom stereocenters. The predicted molar refractivity (Wildman–Crippen MR) is 65.9 cm³/mol. The molecule has 88 valence electrons. The first-order valence-electron chi connectivity index (χ1n) is 5.34. The van der Waals surface area contributed by atoms with Gasteiger partial charge in [-0.2, -0.15) is 0 Å². The van der Waals surface area contributed by atoms with Gasteiger partial charge in [-0.3, -0.25) is 0 Å². The highest BCUT2D eigenvalue weighted by molar-refractivity contribution is 5.42. The van der Waals surface area contributed by atoms with Crippen LogP contribution in [0.25, 0.3) is 0 Å². The molecule has 0 bridgehead atoms. The lowest BCUT2D eigenvalue weighted by Crippen LogP contribution is -2.26. The monoisotopic (exact) mass is 221 g/mol. The minimum absolute atomic E-state index is 0.162. The molecule has 2 unspecified atom stereocenters. The third-order valence-electron chi connectivity index (χ3n) is 2.57. The molecule has 0 aromatic heterocycles. The lowest BCUT2D eigenvalue weighted by molar-refractivity contribution is 0.372. The SMILES string of the molecule is C=CC(C)NC(C)c1ccc(O)c(OC)c1. The first-order chi connectivity index (χ1) is 7.58. The Kier molecular flexibility index (Phi) is 4.38. The maximum absolute atomic E-state index is 9.48. The second-order valence-corrected chi connectivity index (χ2v) is 3.84. The fourth-order valence-electron chi connectivity index (χ4n) is 1.52. The number of benzene rings is 1. The molecule has 3 nitrogen and oxygen atoms in total. The molecule has 2 N–H and O–H groups in total. The second-order valence-electron chi connectivity index (χ2n) is 3.84. The van der Waals surface area contributed by atoms with E-state index in [-0.39, 0.29) is 17.8 Å². The maximum atomic E-state index is 9.48. The van der Waals surface area contributed by atoms with E-state index in [1.807, 2.05) is 25.1 Å². The fraction of sp³-hybridized carbons (Fsp3) is 0.385. The van der Waals surface area contributed by atoms with Crippen LogP contribution < -0.4 is 10.1 Å². The molecule has 0 spiro atoms. The highest BCUT2D eigenvalue weighted by atomic mass is 16.5. The van der Waals surface area contributed by atoms with Crippen molar-refractivity contribution >= 4 is 0 Å². The van der Waals surface area contributed by atoms with E-state index in [0.717, 1.165) is 5.56 Å². The van der Waals surface area contributed by atoms with Gasteiger partial charge in [0, 0.05) is 12.1 Å². The van der Waals surface area contributed by atoms with Crippen molar-refractivity contribution in [1.82, 2.24) is 5.32 Å². The molecule has 1 aromatic carbocycles. The quantitative estimate of drug-likeness (QED) is 0.751. The van der Waals surface area contributed by atoms with Crippen molar-refractivity contribution in [3.05, 3.63) is 36.4 Å². The zero-order valence-corrected chi connectivity index (χ0v) is 10.0. The summed E-state index contributed by atoms with van der Waals surface area (Å²) in [5, 5.41) is 12.8. The summed E-state index contributed by atoms with van der Waals surface area (Å²) < 4.78 is 5.07. The molecule has 0 saturated heterocycles. The molecule has 0 radical (unpaired) electrons. The number of nitrogens with one attached hydrogen (secondary N) is 1. The molecule has 1 aromatic rings. The van der Waals surface area contributed by atoms with Crippen LogP contribution in [-0.2, 0) is 0 Å². The minimum Gasteiger partial charge on any atom is -0.504 e. The number of aromatic hydroxyl groups is 1. The number of hydrogen-bond donors (Lipinski definition) is 2. The predicted octanol–water partition coefficient (Wildman–Crippen LogP) is 2.63. The van der Waals surface area contributed by atoms with Gasteiger partial charge in [0.15, 0.2) is 11.5 Å². The van der Waals surface area contributed by atoms with E-state index in [9.17, 15) is 5.11 Å². The van der Waals surface area contributed by atoms with Gasteiger partial charge in [-0.05, 0) is 31.5 Å². The van der Waals surface area contributed by atoms with Gasteiger partial charge in [-0.15, -0.1) is 6.58 Å². The molecular weight excluding hydrogens is 202 g/mol. The van der Waals surface area contributed by atoms with Crippen molar-refractivity contribution in [1.29, 1.82) is 0 Å². The molecule has 0 aliphatic carbocycles. The van der Waals surface area contributed by atoms with Crippen LogP contribution in [0.3, 0.4) is 0 Å². The van der Waals surface area contributed by atoms with Crippen molar-refractivity contribution < 1.29 is 9.84 Å². The standard InChI is InChI=1S/C13H19NO2/c1-5-9(2)14-10(3)11-6-7-12(15)13(8-11)16-4/h5-10,14-15H,1H2,2-4H3. The molecule has 0 amide bonds. The Balaban J connectivity index is 2.83. The van der Waals surface area contributed by atoms with Crippen molar-refractivity contribution in [2.45, 2.75) is 25.9 Å². The molecule has 0 heterocycles. The number of phenolic OH excluding ortho intramolecular Hbond substituents is 1. The van der Waals surface area contributed by atoms with Crippen LogP contribution in [-0.4, -0.2) is 18.3 Å². The van der Waals surface area contributed by atoms with Crippen molar-refractivity contribution in [3.63, 3.8) is 0 Å². The van der Waals surface area contributed by atoms with Gasteiger partial charge in [0.25, 0.3) is 0 Å². The zero-order valence-electron chi connectivity index (χ0n) is 10.0. The third-order valence-corrected chi connectivity index (χ3v) is 2.57. The number of phenols is 1. The molecular formula is C13H19NO2. The Bertz CT molecular complexity index is 363. The fourth-order valence-corrected chi connectivity index (χ4v) is 1.52. The number of rotatable bonds is 5. The summed E-state index contributed by atoms with van der Waals surface area (Å²) in [6.07, 6.45) is 1.86. The Morgan fingerprint density at radius 2 is 2.12 bits per heavy atom. The normalized spacial score (nSPS) is 14.2. The maximum Gasteiger partial charge on any atom is 0.160 e. The van der Waals surface area contributed by atoms with E-state index in [4.69, 9.17) is 4.74 Å². The van der Waals surface area contributed by atoms with E-state index in [0.29, 0.717) is 5.75 Å². The number of hydrogen-bond acceptors (Lipinski definition) is 3. The highest BCUT2D eigenvalue weighted by Crippen LogP contribution is 2.28. The second kappa shape index (κ2) is 5.56. The van der Waals surface area contributed by atoms with Gasteiger partial charge in [0.05, 0.1) is 7.11 Å². The Hall–Kier alpha value is -1.48. The summed E-state index contributed by atoms with van der Waals surface area (Å²) in [5.41, 5.74) is 1.07. The first-order valence-corrected chi connectivity index (χ1v) is 5.34. The Labute approximate surface area is 96.8 Å².